The van der Waals surface area contributed by atoms with E-state index < -0.39 is 0 Å². The van der Waals surface area contributed by atoms with Gasteiger partial charge >= 0.3 is 6.03 Å². The molecule has 0 spiro atoms. The molecule has 1 aliphatic heterocycles. The summed E-state index contributed by atoms with van der Waals surface area (Å²) in [6, 6.07) is 8.01. The Morgan fingerprint density at radius 1 is 1.28 bits per heavy atom. The zero-order valence-electron chi connectivity index (χ0n) is 14.9. The highest BCUT2D eigenvalue weighted by Crippen LogP contribution is 2.14. The van der Waals surface area contributed by atoms with Gasteiger partial charge in [-0.1, -0.05) is 24.3 Å². The normalized spacial score (nSPS) is 15.9. The fourth-order valence-electron chi connectivity index (χ4n) is 3.22. The van der Waals surface area contributed by atoms with Crippen molar-refractivity contribution in [2.45, 2.75) is 38.9 Å². The summed E-state index contributed by atoms with van der Waals surface area (Å²) in [7, 11) is 1.86. The predicted octanol–water partition coefficient (Wildman–Crippen LogP) is 1.97. The molecule has 1 fully saturated rings. The first-order valence-electron chi connectivity index (χ1n) is 8.80. The van der Waals surface area contributed by atoms with Gasteiger partial charge in [0.05, 0.1) is 6.04 Å². The smallest absolute Gasteiger partial charge is 0.315 e. The Hall–Kier alpha value is -2.41. The van der Waals surface area contributed by atoms with Crippen molar-refractivity contribution in [1.82, 2.24) is 30.3 Å². The Bertz CT molecular complexity index is 707. The van der Waals surface area contributed by atoms with Gasteiger partial charge in [0, 0.05) is 20.1 Å². The average molecular weight is 342 g/mol. The van der Waals surface area contributed by atoms with Crippen molar-refractivity contribution >= 4 is 6.03 Å². The molecule has 0 bridgehead atoms. The summed E-state index contributed by atoms with van der Waals surface area (Å²) in [6.45, 7) is 5.75. The summed E-state index contributed by atoms with van der Waals surface area (Å²) in [5, 5.41) is 13.6. The molecule has 0 saturated carbocycles. The second-order valence-electron chi connectivity index (χ2n) is 6.65. The first-order chi connectivity index (χ1) is 12.1. The number of aromatic nitrogens is 3. The molecule has 1 saturated heterocycles. The third-order valence-corrected chi connectivity index (χ3v) is 4.53. The first kappa shape index (κ1) is 17.4. The van der Waals surface area contributed by atoms with Gasteiger partial charge in [-0.3, -0.25) is 4.90 Å². The van der Waals surface area contributed by atoms with Crippen LogP contribution in [0.3, 0.4) is 0 Å². The minimum absolute atomic E-state index is 0.200. The Kier molecular flexibility index (Phi) is 5.65. The number of carbonyl (C=O) groups is 1. The molecule has 3 rings (SSSR count). The molecule has 1 unspecified atom stereocenters. The van der Waals surface area contributed by atoms with Crippen LogP contribution in [0.4, 0.5) is 4.79 Å². The van der Waals surface area contributed by atoms with Gasteiger partial charge in [-0.2, -0.15) is 0 Å². The number of carbonyl (C=O) groups excluding carboxylic acids is 1. The maximum atomic E-state index is 12.1. The van der Waals surface area contributed by atoms with E-state index in [-0.39, 0.29) is 12.1 Å². The number of likely N-dealkylation sites (tertiary alicyclic amines) is 1. The molecule has 25 heavy (non-hydrogen) atoms. The highest BCUT2D eigenvalue weighted by molar-refractivity contribution is 5.74. The molecule has 1 atom stereocenters. The number of nitrogens with one attached hydrogen (secondary N) is 2. The summed E-state index contributed by atoms with van der Waals surface area (Å²) in [5.74, 6) is 0.725. The molecule has 1 aliphatic rings. The van der Waals surface area contributed by atoms with Gasteiger partial charge in [0.2, 0.25) is 0 Å². The minimum atomic E-state index is -0.208. The van der Waals surface area contributed by atoms with Crippen LogP contribution in [0.1, 0.15) is 42.8 Å². The fourth-order valence-corrected chi connectivity index (χ4v) is 3.22. The molecule has 2 aromatic rings. The molecule has 2 heterocycles. The zero-order valence-corrected chi connectivity index (χ0v) is 14.9. The van der Waals surface area contributed by atoms with Crippen LogP contribution in [-0.4, -0.2) is 38.8 Å². The van der Waals surface area contributed by atoms with Crippen molar-refractivity contribution in [3.63, 3.8) is 0 Å². The summed E-state index contributed by atoms with van der Waals surface area (Å²) < 4.78 is 1.80. The Labute approximate surface area is 148 Å². The number of hydrogen-bond acceptors (Lipinski definition) is 4. The van der Waals surface area contributed by atoms with E-state index in [1.54, 1.807) is 10.9 Å². The van der Waals surface area contributed by atoms with E-state index in [0.717, 1.165) is 17.9 Å². The van der Waals surface area contributed by atoms with Crippen molar-refractivity contribution in [2.24, 2.45) is 7.05 Å². The number of hydrogen-bond donors (Lipinski definition) is 2. The molecule has 7 heteroatoms. The Balaban J connectivity index is 1.49. The standard InChI is InChI=1S/C18H26N6O/c1-14(17-22-20-13-23(17)2)21-18(25)19-11-15-6-5-7-16(10-15)12-24-8-3-4-9-24/h5-7,10,13-14H,3-4,8-9,11-12H2,1-2H3,(H2,19,21,25). The first-order valence-corrected chi connectivity index (χ1v) is 8.80. The highest BCUT2D eigenvalue weighted by Gasteiger charge is 2.14. The number of rotatable bonds is 6. The summed E-state index contributed by atoms with van der Waals surface area (Å²) in [4.78, 5) is 14.6. The van der Waals surface area contributed by atoms with Crippen molar-refractivity contribution in [1.29, 1.82) is 0 Å². The van der Waals surface area contributed by atoms with Gasteiger partial charge < -0.3 is 15.2 Å². The molecular weight excluding hydrogens is 316 g/mol. The van der Waals surface area contributed by atoms with Crippen molar-refractivity contribution in [3.05, 3.63) is 47.5 Å². The van der Waals surface area contributed by atoms with E-state index in [2.05, 4.69) is 43.9 Å². The van der Waals surface area contributed by atoms with Crippen LogP contribution in [0.15, 0.2) is 30.6 Å². The third kappa shape index (κ3) is 4.79. The van der Waals surface area contributed by atoms with Crippen LogP contribution in [-0.2, 0) is 20.1 Å². The highest BCUT2D eigenvalue weighted by atomic mass is 16.2. The summed E-state index contributed by atoms with van der Waals surface area (Å²) in [6.07, 6.45) is 4.22. The molecule has 1 aromatic heterocycles. The maximum Gasteiger partial charge on any atom is 0.315 e. The molecule has 134 valence electrons. The van der Waals surface area contributed by atoms with Crippen molar-refractivity contribution < 1.29 is 4.79 Å². The average Bonchev–Trinajstić information content (AvgIpc) is 3.25. The lowest BCUT2D eigenvalue weighted by atomic mass is 10.1. The van der Waals surface area contributed by atoms with Crippen LogP contribution in [0.5, 0.6) is 0 Å². The quantitative estimate of drug-likeness (QED) is 0.842. The summed E-state index contributed by atoms with van der Waals surface area (Å²) in [5.41, 5.74) is 2.41. The molecule has 7 nitrogen and oxygen atoms in total. The lowest BCUT2D eigenvalue weighted by molar-refractivity contribution is 0.237. The second kappa shape index (κ2) is 8.11. The van der Waals surface area contributed by atoms with E-state index >= 15 is 0 Å². The lowest BCUT2D eigenvalue weighted by Crippen LogP contribution is -2.37. The van der Waals surface area contributed by atoms with E-state index in [1.165, 1.54) is 31.5 Å². The van der Waals surface area contributed by atoms with Gasteiger partial charge in [-0.15, -0.1) is 10.2 Å². The largest absolute Gasteiger partial charge is 0.334 e. The molecule has 2 amide bonds. The van der Waals surface area contributed by atoms with Crippen LogP contribution in [0, 0.1) is 0 Å². The number of amides is 2. The third-order valence-electron chi connectivity index (χ3n) is 4.53. The molecule has 0 radical (unpaired) electrons. The zero-order chi connectivity index (χ0) is 17.6. The van der Waals surface area contributed by atoms with Crippen LogP contribution in [0.25, 0.3) is 0 Å². The second-order valence-corrected chi connectivity index (χ2v) is 6.65. The van der Waals surface area contributed by atoms with Crippen molar-refractivity contribution in [3.8, 4) is 0 Å². The van der Waals surface area contributed by atoms with Crippen molar-refractivity contribution in [2.75, 3.05) is 13.1 Å². The van der Waals surface area contributed by atoms with E-state index in [4.69, 9.17) is 0 Å². The Morgan fingerprint density at radius 3 is 2.76 bits per heavy atom. The molecule has 0 aliphatic carbocycles. The minimum Gasteiger partial charge on any atom is -0.334 e. The fraction of sp³-hybridized carbons (Fsp3) is 0.500. The van der Waals surface area contributed by atoms with Gasteiger partial charge in [0.25, 0.3) is 0 Å². The van der Waals surface area contributed by atoms with Gasteiger partial charge in [0.15, 0.2) is 5.82 Å². The van der Waals surface area contributed by atoms with E-state index in [0.29, 0.717) is 6.54 Å². The van der Waals surface area contributed by atoms with Gasteiger partial charge in [-0.05, 0) is 44.0 Å². The predicted molar refractivity (Wildman–Crippen MR) is 95.7 cm³/mol. The monoisotopic (exact) mass is 342 g/mol. The summed E-state index contributed by atoms with van der Waals surface area (Å²) >= 11 is 0. The Morgan fingerprint density at radius 2 is 2.04 bits per heavy atom. The van der Waals surface area contributed by atoms with Crippen LogP contribution < -0.4 is 10.6 Å². The number of urea groups is 1. The van der Waals surface area contributed by atoms with Gasteiger partial charge in [0.1, 0.15) is 6.33 Å². The molecule has 1 aromatic carbocycles. The van der Waals surface area contributed by atoms with Crippen LogP contribution >= 0.6 is 0 Å². The lowest BCUT2D eigenvalue weighted by Gasteiger charge is -2.16. The SMILES string of the molecule is CC(NC(=O)NCc1cccc(CN2CCCC2)c1)c1nncn1C. The topological polar surface area (TPSA) is 75.1 Å². The van der Waals surface area contributed by atoms with Crippen LogP contribution in [0.2, 0.25) is 0 Å². The molecule has 2 N–H and O–H groups in total. The van der Waals surface area contributed by atoms with Gasteiger partial charge in [-0.25, -0.2) is 4.79 Å². The van der Waals surface area contributed by atoms with E-state index in [1.807, 2.05) is 20.0 Å². The number of aryl methyl sites for hydroxylation is 1. The maximum absolute atomic E-state index is 12.1. The van der Waals surface area contributed by atoms with E-state index in [9.17, 15) is 4.79 Å². The number of nitrogens with zero attached hydrogens (tertiary/aromatic N) is 4. The molecular formula is C18H26N6O. The number of benzene rings is 1.